The summed E-state index contributed by atoms with van der Waals surface area (Å²) in [7, 11) is 4.81. The molecule has 1 aromatic carbocycles. The predicted molar refractivity (Wildman–Crippen MR) is 115 cm³/mol. The Balaban J connectivity index is 1.63. The lowest BCUT2D eigenvalue weighted by Crippen LogP contribution is -2.46. The normalized spacial score (nSPS) is 13.4. The summed E-state index contributed by atoms with van der Waals surface area (Å²) in [5.74, 6) is -0.144. The molecular weight excluding hydrogens is 419 g/mol. The van der Waals surface area contributed by atoms with E-state index in [9.17, 15) is 9.18 Å². The zero-order valence-electron chi connectivity index (χ0n) is 18.0. The van der Waals surface area contributed by atoms with Gasteiger partial charge in [-0.1, -0.05) is 0 Å². The van der Waals surface area contributed by atoms with Crippen LogP contribution in [0.15, 0.2) is 30.6 Å². The second kappa shape index (κ2) is 8.89. The minimum Gasteiger partial charge on any atom is -0.406 e. The molecule has 0 saturated heterocycles. The standard InChI is InChI=1S/C21H23FN6O4/c1-11(31-4)15(10-30-3)26-21(29)32-17-9-24-20-19(17)25-14(8-23-20)18-13-6-5-12(22)7-16(13)28(2)27-18/h5-9,11,15H,10H2,1-4H3,(H,23,24)(H,26,29)/t11-,15+/m0/s1. The van der Waals surface area contributed by atoms with Gasteiger partial charge in [0.15, 0.2) is 16.9 Å². The fourth-order valence-corrected chi connectivity index (χ4v) is 3.40. The molecule has 4 aromatic rings. The predicted octanol–water partition coefficient (Wildman–Crippen LogP) is 2.79. The lowest BCUT2D eigenvalue weighted by Gasteiger charge is -2.22. The fraction of sp³-hybridized carbons (Fsp3) is 0.333. The molecule has 32 heavy (non-hydrogen) atoms. The molecule has 3 heterocycles. The monoisotopic (exact) mass is 442 g/mol. The van der Waals surface area contributed by atoms with E-state index in [1.54, 1.807) is 31.1 Å². The first-order valence-electron chi connectivity index (χ1n) is 9.88. The maximum atomic E-state index is 13.6. The maximum Gasteiger partial charge on any atom is 0.413 e. The highest BCUT2D eigenvalue weighted by molar-refractivity contribution is 5.93. The van der Waals surface area contributed by atoms with Gasteiger partial charge < -0.3 is 24.5 Å². The molecule has 3 aromatic heterocycles. The molecule has 0 aliphatic heterocycles. The van der Waals surface area contributed by atoms with Crippen molar-refractivity contribution in [3.05, 3.63) is 36.4 Å². The number of nitrogens with zero attached hydrogens (tertiary/aromatic N) is 4. The van der Waals surface area contributed by atoms with E-state index >= 15 is 0 Å². The minimum absolute atomic E-state index is 0.208. The molecule has 0 aliphatic carbocycles. The van der Waals surface area contributed by atoms with Gasteiger partial charge in [0, 0.05) is 32.9 Å². The van der Waals surface area contributed by atoms with Gasteiger partial charge in [-0.3, -0.25) is 4.68 Å². The second-order valence-electron chi connectivity index (χ2n) is 7.28. The Bertz CT molecular complexity index is 1270. The van der Waals surface area contributed by atoms with E-state index in [0.29, 0.717) is 28.1 Å². The third-order valence-electron chi connectivity index (χ3n) is 5.19. The summed E-state index contributed by atoms with van der Waals surface area (Å²) in [4.78, 5) is 24.3. The number of halogens is 1. The van der Waals surface area contributed by atoms with Crippen molar-refractivity contribution in [1.82, 2.24) is 30.0 Å². The van der Waals surface area contributed by atoms with Crippen molar-refractivity contribution in [3.63, 3.8) is 0 Å². The number of rotatable bonds is 7. The van der Waals surface area contributed by atoms with Gasteiger partial charge in [0.2, 0.25) is 0 Å². The first-order chi connectivity index (χ1) is 15.4. The van der Waals surface area contributed by atoms with E-state index in [-0.39, 0.29) is 24.3 Å². The lowest BCUT2D eigenvalue weighted by molar-refractivity contribution is 0.0464. The van der Waals surface area contributed by atoms with Crippen LogP contribution >= 0.6 is 0 Å². The number of nitrogens with one attached hydrogen (secondary N) is 2. The van der Waals surface area contributed by atoms with Crippen molar-refractivity contribution in [3.8, 4) is 17.1 Å². The third-order valence-corrected chi connectivity index (χ3v) is 5.19. The highest BCUT2D eigenvalue weighted by Crippen LogP contribution is 2.29. The molecule has 0 spiro atoms. The van der Waals surface area contributed by atoms with E-state index in [1.165, 1.54) is 25.4 Å². The molecule has 0 bridgehead atoms. The summed E-state index contributed by atoms with van der Waals surface area (Å²) < 4.78 is 31.1. The van der Waals surface area contributed by atoms with Gasteiger partial charge in [0.1, 0.15) is 17.2 Å². The first-order valence-corrected chi connectivity index (χ1v) is 9.88. The van der Waals surface area contributed by atoms with Gasteiger partial charge in [-0.15, -0.1) is 0 Å². The Labute approximate surface area is 182 Å². The fourth-order valence-electron chi connectivity index (χ4n) is 3.40. The van der Waals surface area contributed by atoms with Crippen LogP contribution in [0.5, 0.6) is 5.75 Å². The molecule has 0 saturated carbocycles. The Morgan fingerprint density at radius 1 is 1.34 bits per heavy atom. The Hall–Kier alpha value is -3.57. The van der Waals surface area contributed by atoms with Crippen LogP contribution < -0.4 is 10.1 Å². The Morgan fingerprint density at radius 3 is 2.91 bits per heavy atom. The molecule has 0 fully saturated rings. The first kappa shape index (κ1) is 21.7. The van der Waals surface area contributed by atoms with Crippen molar-refractivity contribution < 1.29 is 23.4 Å². The molecule has 2 N–H and O–H groups in total. The van der Waals surface area contributed by atoms with Crippen molar-refractivity contribution >= 4 is 28.2 Å². The van der Waals surface area contributed by atoms with E-state index in [4.69, 9.17) is 14.2 Å². The SMILES string of the molecule is COC[C@@H](NC(=O)Oc1c[nH]c2ncc(-c3nn(C)c4cc(F)ccc34)nc12)[C@H](C)OC. The summed E-state index contributed by atoms with van der Waals surface area (Å²) in [6, 6.07) is 4.02. The number of aryl methyl sites for hydroxylation is 1. The highest BCUT2D eigenvalue weighted by Gasteiger charge is 2.22. The number of methoxy groups -OCH3 is 2. The minimum atomic E-state index is -0.678. The van der Waals surface area contributed by atoms with Gasteiger partial charge in [-0.25, -0.2) is 19.2 Å². The number of aromatic amines is 1. The van der Waals surface area contributed by atoms with Crippen LogP contribution in [0.2, 0.25) is 0 Å². The molecule has 0 radical (unpaired) electrons. The quantitative estimate of drug-likeness (QED) is 0.452. The number of benzene rings is 1. The maximum absolute atomic E-state index is 13.6. The van der Waals surface area contributed by atoms with Crippen LogP contribution in [0.3, 0.4) is 0 Å². The van der Waals surface area contributed by atoms with Crippen LogP contribution in [-0.4, -0.2) is 63.8 Å². The number of fused-ring (bicyclic) bond motifs is 2. The number of hydrogen-bond donors (Lipinski definition) is 2. The van der Waals surface area contributed by atoms with Crippen LogP contribution in [0, 0.1) is 5.82 Å². The molecule has 4 rings (SSSR count). The molecule has 168 valence electrons. The topological polar surface area (TPSA) is 116 Å². The van der Waals surface area contributed by atoms with E-state index in [0.717, 1.165) is 5.39 Å². The van der Waals surface area contributed by atoms with Crippen molar-refractivity contribution in [2.75, 3.05) is 20.8 Å². The molecule has 10 nitrogen and oxygen atoms in total. The number of hydrogen-bond acceptors (Lipinski definition) is 7. The summed E-state index contributed by atoms with van der Waals surface area (Å²) >= 11 is 0. The van der Waals surface area contributed by atoms with Gasteiger partial charge in [-0.2, -0.15) is 5.10 Å². The van der Waals surface area contributed by atoms with Crippen LogP contribution in [0.4, 0.5) is 9.18 Å². The van der Waals surface area contributed by atoms with Gasteiger partial charge in [0.25, 0.3) is 0 Å². The lowest BCUT2D eigenvalue weighted by atomic mass is 10.1. The van der Waals surface area contributed by atoms with Gasteiger partial charge >= 0.3 is 6.09 Å². The number of aromatic nitrogens is 5. The number of ether oxygens (including phenoxy) is 3. The average Bonchev–Trinajstić information content (AvgIpc) is 3.33. The number of amides is 1. The molecule has 11 heteroatoms. The van der Waals surface area contributed by atoms with E-state index < -0.39 is 12.1 Å². The number of H-pyrrole nitrogens is 1. The zero-order chi connectivity index (χ0) is 22.8. The van der Waals surface area contributed by atoms with Crippen LogP contribution in [0.1, 0.15) is 6.92 Å². The summed E-state index contributed by atoms with van der Waals surface area (Å²) in [5, 5.41) is 7.92. The second-order valence-corrected chi connectivity index (χ2v) is 7.28. The molecular formula is C21H23FN6O4. The molecule has 0 aliphatic rings. The smallest absolute Gasteiger partial charge is 0.406 e. The summed E-state index contributed by atoms with van der Waals surface area (Å²) in [5.41, 5.74) is 2.44. The number of carbonyl (C=O) groups is 1. The van der Waals surface area contributed by atoms with Gasteiger partial charge in [-0.05, 0) is 25.1 Å². The Kier molecular flexibility index (Phi) is 6.01. The average molecular weight is 442 g/mol. The van der Waals surface area contributed by atoms with E-state index in [1.807, 2.05) is 6.92 Å². The van der Waals surface area contributed by atoms with Gasteiger partial charge in [0.05, 0.1) is 30.5 Å². The molecule has 2 atom stereocenters. The Morgan fingerprint density at radius 2 is 2.16 bits per heavy atom. The summed E-state index contributed by atoms with van der Waals surface area (Å²) in [6.07, 6.45) is 2.11. The third kappa shape index (κ3) is 4.12. The molecule has 0 unspecified atom stereocenters. The van der Waals surface area contributed by atoms with Crippen molar-refractivity contribution in [2.24, 2.45) is 7.05 Å². The zero-order valence-corrected chi connectivity index (χ0v) is 18.0. The van der Waals surface area contributed by atoms with Crippen LogP contribution in [0.25, 0.3) is 33.5 Å². The summed E-state index contributed by atoms with van der Waals surface area (Å²) in [6.45, 7) is 2.08. The highest BCUT2D eigenvalue weighted by atomic mass is 19.1. The van der Waals surface area contributed by atoms with Crippen molar-refractivity contribution in [1.29, 1.82) is 0 Å². The largest absolute Gasteiger partial charge is 0.413 e. The molecule has 1 amide bonds. The number of carbonyl (C=O) groups excluding carboxylic acids is 1. The van der Waals surface area contributed by atoms with Crippen LogP contribution in [-0.2, 0) is 16.5 Å². The van der Waals surface area contributed by atoms with E-state index in [2.05, 4.69) is 25.4 Å². The van der Waals surface area contributed by atoms with Crippen molar-refractivity contribution in [2.45, 2.75) is 19.1 Å².